The van der Waals surface area contributed by atoms with Crippen LogP contribution in [-0.2, 0) is 6.42 Å². The van der Waals surface area contributed by atoms with Crippen molar-refractivity contribution >= 4 is 5.84 Å². The van der Waals surface area contributed by atoms with Crippen LogP contribution in [0.5, 0.6) is 0 Å². The summed E-state index contributed by atoms with van der Waals surface area (Å²) in [6.07, 6.45) is 2.08. The minimum Gasteiger partial charge on any atom is -0.412 e. The van der Waals surface area contributed by atoms with Crippen LogP contribution in [0.15, 0.2) is 24.3 Å². The fourth-order valence-corrected chi connectivity index (χ4v) is 1.27. The van der Waals surface area contributed by atoms with Crippen molar-refractivity contribution in [2.45, 2.75) is 19.8 Å². The van der Waals surface area contributed by atoms with Crippen molar-refractivity contribution in [2.24, 2.45) is 5.73 Å². The first-order valence-electron chi connectivity index (χ1n) is 4.18. The van der Waals surface area contributed by atoms with Crippen LogP contribution in [0.25, 0.3) is 0 Å². The van der Waals surface area contributed by atoms with E-state index in [0.29, 0.717) is 0 Å². The highest BCUT2D eigenvalue weighted by Crippen LogP contribution is 2.09. The van der Waals surface area contributed by atoms with E-state index < -0.39 is 0 Å². The van der Waals surface area contributed by atoms with Crippen LogP contribution in [0.4, 0.5) is 0 Å². The van der Waals surface area contributed by atoms with E-state index in [9.17, 15) is 0 Å². The summed E-state index contributed by atoms with van der Waals surface area (Å²) < 4.78 is 0. The number of rotatable bonds is 3. The van der Waals surface area contributed by atoms with Gasteiger partial charge in [0.05, 0.1) is 0 Å². The average molecular weight is 180 g/mol. The molecule has 1 rings (SSSR count). The van der Waals surface area contributed by atoms with E-state index in [1.54, 1.807) is 0 Å². The average Bonchev–Trinajstić information content (AvgIpc) is 2.05. The molecular weight excluding hydrogens is 164 g/mol. The number of benzene rings is 1. The summed E-state index contributed by atoms with van der Waals surface area (Å²) >= 11 is 0. The molecule has 1 aromatic rings. The predicted molar refractivity (Wildman–Crippen MR) is 55.1 cm³/mol. The number of nitrogens with two attached hydrogens (primary N) is 1. The van der Waals surface area contributed by atoms with Crippen LogP contribution < -0.4 is 5.73 Å². The number of nitrogens with one attached hydrogen (secondary N) is 1. The van der Waals surface area contributed by atoms with Gasteiger partial charge in [-0.2, -0.15) is 0 Å². The number of aryl methyl sites for hydroxylation is 1. The number of hydrogen-bond acceptors (Lipinski definition) is 1. The van der Waals surface area contributed by atoms with Gasteiger partial charge in [0.15, 0.2) is 0 Å². The molecule has 0 saturated carbocycles. The summed E-state index contributed by atoms with van der Waals surface area (Å²) in [7, 11) is 0. The molecule has 0 radical (unpaired) electrons. The van der Waals surface area contributed by atoms with Crippen molar-refractivity contribution < 1.29 is 5.48 Å². The molecular formula is C10H16N2O. The Morgan fingerprint density at radius 3 is 2.54 bits per heavy atom. The molecule has 0 fully saturated rings. The SMILES string of the molecule is CCCc1ccccc1C(=N)N.O. The summed E-state index contributed by atoms with van der Waals surface area (Å²) in [6, 6.07) is 7.82. The maximum absolute atomic E-state index is 7.33. The summed E-state index contributed by atoms with van der Waals surface area (Å²) in [5, 5.41) is 7.33. The van der Waals surface area contributed by atoms with Gasteiger partial charge in [-0.25, -0.2) is 0 Å². The maximum Gasteiger partial charge on any atom is 0.123 e. The molecule has 0 unspecified atom stereocenters. The quantitative estimate of drug-likeness (QED) is 0.530. The van der Waals surface area contributed by atoms with E-state index in [2.05, 4.69) is 6.92 Å². The Balaban J connectivity index is 0.00000144. The van der Waals surface area contributed by atoms with Crippen LogP contribution in [-0.4, -0.2) is 11.3 Å². The molecule has 1 aromatic carbocycles. The standard InChI is InChI=1S/C10H14N2.H2O/c1-2-5-8-6-3-4-7-9(8)10(11)12;/h3-4,6-7H,2,5H2,1H3,(H3,11,12);1H2. The predicted octanol–water partition coefficient (Wildman–Crippen LogP) is 1.10. The van der Waals surface area contributed by atoms with Gasteiger partial charge in [0.25, 0.3) is 0 Å². The van der Waals surface area contributed by atoms with Crippen LogP contribution >= 0.6 is 0 Å². The second-order valence-corrected chi connectivity index (χ2v) is 2.82. The molecule has 0 aliphatic carbocycles. The van der Waals surface area contributed by atoms with E-state index in [4.69, 9.17) is 11.1 Å². The lowest BCUT2D eigenvalue weighted by atomic mass is 10.0. The second kappa shape index (κ2) is 5.32. The molecule has 72 valence electrons. The van der Waals surface area contributed by atoms with Gasteiger partial charge < -0.3 is 11.2 Å². The Morgan fingerprint density at radius 2 is 2.00 bits per heavy atom. The van der Waals surface area contributed by atoms with Gasteiger partial charge in [-0.15, -0.1) is 0 Å². The largest absolute Gasteiger partial charge is 0.412 e. The zero-order valence-electron chi connectivity index (χ0n) is 7.80. The van der Waals surface area contributed by atoms with E-state index in [1.165, 1.54) is 5.56 Å². The molecule has 3 nitrogen and oxygen atoms in total. The van der Waals surface area contributed by atoms with Gasteiger partial charge in [0.2, 0.25) is 0 Å². The lowest BCUT2D eigenvalue weighted by Crippen LogP contribution is -2.13. The van der Waals surface area contributed by atoms with Gasteiger partial charge in [-0.3, -0.25) is 5.41 Å². The van der Waals surface area contributed by atoms with Crippen molar-refractivity contribution in [3.63, 3.8) is 0 Å². The van der Waals surface area contributed by atoms with Crippen molar-refractivity contribution in [2.75, 3.05) is 0 Å². The lowest BCUT2D eigenvalue weighted by molar-refractivity contribution is 0.824. The van der Waals surface area contributed by atoms with Crippen molar-refractivity contribution in [3.8, 4) is 0 Å². The molecule has 0 atom stereocenters. The van der Waals surface area contributed by atoms with Gasteiger partial charge >= 0.3 is 0 Å². The minimum atomic E-state index is 0. The second-order valence-electron chi connectivity index (χ2n) is 2.82. The van der Waals surface area contributed by atoms with Gasteiger partial charge in [0.1, 0.15) is 5.84 Å². The Bertz CT molecular complexity index is 284. The maximum atomic E-state index is 7.33. The molecule has 13 heavy (non-hydrogen) atoms. The number of hydrogen-bond donors (Lipinski definition) is 2. The van der Waals surface area contributed by atoms with Crippen LogP contribution in [0, 0.1) is 5.41 Å². The van der Waals surface area contributed by atoms with Crippen molar-refractivity contribution in [1.29, 1.82) is 5.41 Å². The minimum absolute atomic E-state index is 0. The monoisotopic (exact) mass is 180 g/mol. The molecule has 0 heterocycles. The summed E-state index contributed by atoms with van der Waals surface area (Å²) in [5.74, 6) is 0.166. The van der Waals surface area contributed by atoms with E-state index in [0.717, 1.165) is 18.4 Å². The molecule has 0 aliphatic heterocycles. The smallest absolute Gasteiger partial charge is 0.123 e. The Kier molecular flexibility index (Phi) is 4.77. The lowest BCUT2D eigenvalue weighted by Gasteiger charge is -2.05. The van der Waals surface area contributed by atoms with Crippen molar-refractivity contribution in [1.82, 2.24) is 0 Å². The molecule has 3 heteroatoms. The summed E-state index contributed by atoms with van der Waals surface area (Å²) in [5.41, 5.74) is 7.48. The topological polar surface area (TPSA) is 81.4 Å². The fourth-order valence-electron chi connectivity index (χ4n) is 1.27. The first-order valence-corrected chi connectivity index (χ1v) is 4.18. The number of nitrogen functional groups attached to an aromatic ring is 1. The third-order valence-corrected chi connectivity index (χ3v) is 1.83. The Morgan fingerprint density at radius 1 is 1.38 bits per heavy atom. The van der Waals surface area contributed by atoms with Gasteiger partial charge in [-0.1, -0.05) is 37.6 Å². The summed E-state index contributed by atoms with van der Waals surface area (Å²) in [6.45, 7) is 2.12. The Labute approximate surface area is 78.4 Å². The normalized spacial score (nSPS) is 9.00. The number of amidine groups is 1. The fraction of sp³-hybridized carbons (Fsp3) is 0.300. The van der Waals surface area contributed by atoms with E-state index >= 15 is 0 Å². The first-order chi connectivity index (χ1) is 5.75. The molecule has 0 bridgehead atoms. The van der Waals surface area contributed by atoms with Crippen molar-refractivity contribution in [3.05, 3.63) is 35.4 Å². The zero-order chi connectivity index (χ0) is 8.97. The third-order valence-electron chi connectivity index (χ3n) is 1.83. The van der Waals surface area contributed by atoms with E-state index in [-0.39, 0.29) is 11.3 Å². The molecule has 0 aromatic heterocycles. The molecule has 0 spiro atoms. The van der Waals surface area contributed by atoms with E-state index in [1.807, 2.05) is 24.3 Å². The van der Waals surface area contributed by atoms with Crippen LogP contribution in [0.2, 0.25) is 0 Å². The van der Waals surface area contributed by atoms with Crippen LogP contribution in [0.1, 0.15) is 24.5 Å². The summed E-state index contributed by atoms with van der Waals surface area (Å²) in [4.78, 5) is 0. The molecule has 0 saturated heterocycles. The molecule has 0 amide bonds. The molecule has 5 N–H and O–H groups in total. The zero-order valence-corrected chi connectivity index (χ0v) is 7.80. The highest BCUT2D eigenvalue weighted by Gasteiger charge is 2.01. The third kappa shape index (κ3) is 2.87. The van der Waals surface area contributed by atoms with Crippen LogP contribution in [0.3, 0.4) is 0 Å². The first kappa shape index (κ1) is 11.6. The van der Waals surface area contributed by atoms with Gasteiger partial charge in [-0.05, 0) is 12.0 Å². The molecule has 0 aliphatic rings. The highest BCUT2D eigenvalue weighted by molar-refractivity contribution is 5.96. The Hall–Kier alpha value is -1.35. The highest BCUT2D eigenvalue weighted by atomic mass is 16.0. The van der Waals surface area contributed by atoms with Gasteiger partial charge in [0, 0.05) is 5.56 Å².